The summed E-state index contributed by atoms with van der Waals surface area (Å²) >= 11 is 1.80. The second-order valence-corrected chi connectivity index (χ2v) is 6.44. The van der Waals surface area contributed by atoms with Crippen molar-refractivity contribution in [3.05, 3.63) is 11.1 Å². The van der Waals surface area contributed by atoms with E-state index in [1.807, 2.05) is 0 Å². The van der Waals surface area contributed by atoms with Crippen LogP contribution in [0.5, 0.6) is 0 Å². The lowest BCUT2D eigenvalue weighted by Gasteiger charge is -2.34. The van der Waals surface area contributed by atoms with Crippen molar-refractivity contribution in [3.63, 3.8) is 0 Å². The summed E-state index contributed by atoms with van der Waals surface area (Å²) < 4.78 is 0. The zero-order chi connectivity index (χ0) is 13.1. The molecule has 19 heavy (non-hydrogen) atoms. The summed E-state index contributed by atoms with van der Waals surface area (Å²) in [5, 5.41) is 6.95. The first-order valence-electron chi connectivity index (χ1n) is 7.50. The molecule has 0 amide bonds. The van der Waals surface area contributed by atoms with Crippen LogP contribution >= 0.6 is 11.3 Å². The molecule has 0 unspecified atom stereocenters. The Morgan fingerprint density at radius 2 is 2.11 bits per heavy atom. The van der Waals surface area contributed by atoms with E-state index in [2.05, 4.69) is 27.4 Å². The number of hydrogen-bond donors (Lipinski definition) is 1. The highest BCUT2D eigenvalue weighted by Gasteiger charge is 2.21. The van der Waals surface area contributed by atoms with Crippen molar-refractivity contribution in [2.45, 2.75) is 38.8 Å². The van der Waals surface area contributed by atoms with E-state index in [4.69, 9.17) is 4.98 Å². The van der Waals surface area contributed by atoms with Crippen molar-refractivity contribution < 1.29 is 0 Å². The summed E-state index contributed by atoms with van der Waals surface area (Å²) in [5.41, 5.74) is 1.21. The van der Waals surface area contributed by atoms with Crippen LogP contribution < -0.4 is 10.2 Å². The maximum atomic E-state index is 4.77. The van der Waals surface area contributed by atoms with Crippen molar-refractivity contribution in [2.24, 2.45) is 0 Å². The summed E-state index contributed by atoms with van der Waals surface area (Å²) in [6.45, 7) is 9.06. The topological polar surface area (TPSA) is 31.4 Å². The highest BCUT2D eigenvalue weighted by atomic mass is 32.1. The summed E-state index contributed by atoms with van der Waals surface area (Å²) in [6.07, 6.45) is 3.95. The Balaban J connectivity index is 1.48. The third-order valence-corrected chi connectivity index (χ3v) is 4.82. The highest BCUT2D eigenvalue weighted by Crippen LogP contribution is 2.23. The Morgan fingerprint density at radius 3 is 2.79 bits per heavy atom. The number of thiazole rings is 1. The second-order valence-electron chi connectivity index (χ2n) is 5.61. The highest BCUT2D eigenvalue weighted by molar-refractivity contribution is 7.13. The minimum atomic E-state index is 0.766. The molecule has 1 saturated carbocycles. The lowest BCUT2D eigenvalue weighted by Crippen LogP contribution is -2.46. The Hall–Kier alpha value is -0.650. The molecule has 0 bridgehead atoms. The average molecular weight is 280 g/mol. The number of nitrogens with one attached hydrogen (secondary N) is 1. The third-order valence-electron chi connectivity index (χ3n) is 3.87. The molecular formula is C14H24N4S. The smallest absolute Gasteiger partial charge is 0.185 e. The van der Waals surface area contributed by atoms with Crippen LogP contribution in [0.2, 0.25) is 0 Å². The fourth-order valence-corrected chi connectivity index (χ4v) is 3.42. The first-order chi connectivity index (χ1) is 9.35. The van der Waals surface area contributed by atoms with Gasteiger partial charge in [-0.1, -0.05) is 6.92 Å². The first kappa shape index (κ1) is 13.3. The normalized spacial score (nSPS) is 21.0. The molecule has 1 aromatic rings. The van der Waals surface area contributed by atoms with Gasteiger partial charge in [-0.15, -0.1) is 11.3 Å². The van der Waals surface area contributed by atoms with E-state index in [9.17, 15) is 0 Å². The summed E-state index contributed by atoms with van der Waals surface area (Å²) in [4.78, 5) is 9.77. The van der Waals surface area contributed by atoms with Crippen LogP contribution in [0.15, 0.2) is 5.38 Å². The standard InChI is InChI=1S/C14H24N4S/c1-2-5-17-6-8-18(9-7-17)14-16-13(11-19-14)10-15-12-3-4-12/h11-12,15H,2-10H2,1H3. The van der Waals surface area contributed by atoms with Gasteiger partial charge in [-0.25, -0.2) is 4.98 Å². The van der Waals surface area contributed by atoms with Crippen LogP contribution in [0.1, 0.15) is 31.9 Å². The van der Waals surface area contributed by atoms with E-state index in [1.165, 1.54) is 49.7 Å². The number of piperazine rings is 1. The number of rotatable bonds is 6. The molecule has 106 valence electrons. The largest absolute Gasteiger partial charge is 0.346 e. The van der Waals surface area contributed by atoms with Gasteiger partial charge in [-0.2, -0.15) is 0 Å². The average Bonchev–Trinajstić information content (AvgIpc) is 3.15. The molecule has 1 N–H and O–H groups in total. The predicted octanol–water partition coefficient (Wildman–Crippen LogP) is 1.93. The van der Waals surface area contributed by atoms with Gasteiger partial charge in [0.05, 0.1) is 5.69 Å². The molecule has 0 radical (unpaired) electrons. The Bertz CT molecular complexity index is 394. The van der Waals surface area contributed by atoms with Crippen LogP contribution in [0.25, 0.3) is 0 Å². The number of aromatic nitrogens is 1. The Labute approximate surface area is 119 Å². The zero-order valence-corrected chi connectivity index (χ0v) is 12.6. The van der Waals surface area contributed by atoms with Crippen LogP contribution in [-0.4, -0.2) is 48.6 Å². The molecule has 1 aromatic heterocycles. The van der Waals surface area contributed by atoms with Crippen molar-refractivity contribution in [2.75, 3.05) is 37.6 Å². The molecule has 0 atom stereocenters. The first-order valence-corrected chi connectivity index (χ1v) is 8.38. The van der Waals surface area contributed by atoms with Gasteiger partial charge in [-0.3, -0.25) is 4.90 Å². The molecule has 2 heterocycles. The Kier molecular flexibility index (Phi) is 4.35. The minimum absolute atomic E-state index is 0.766. The zero-order valence-electron chi connectivity index (χ0n) is 11.8. The molecular weight excluding hydrogens is 256 g/mol. The second kappa shape index (κ2) is 6.20. The molecule has 2 aliphatic rings. The SMILES string of the molecule is CCCN1CCN(c2nc(CNC3CC3)cs2)CC1. The van der Waals surface area contributed by atoms with E-state index in [-0.39, 0.29) is 0 Å². The maximum Gasteiger partial charge on any atom is 0.185 e. The summed E-state index contributed by atoms with van der Waals surface area (Å²) in [5.74, 6) is 0. The van der Waals surface area contributed by atoms with E-state index in [0.29, 0.717) is 0 Å². The summed E-state index contributed by atoms with van der Waals surface area (Å²) in [6, 6.07) is 0.766. The van der Waals surface area contributed by atoms with Gasteiger partial charge in [0.2, 0.25) is 0 Å². The molecule has 4 nitrogen and oxygen atoms in total. The fourth-order valence-electron chi connectivity index (χ4n) is 2.54. The molecule has 3 rings (SSSR count). The maximum absolute atomic E-state index is 4.77. The van der Waals surface area contributed by atoms with Gasteiger partial charge in [-0.05, 0) is 25.8 Å². The van der Waals surface area contributed by atoms with Crippen LogP contribution in [0.3, 0.4) is 0 Å². The predicted molar refractivity (Wildman–Crippen MR) is 80.9 cm³/mol. The molecule has 0 aromatic carbocycles. The van der Waals surface area contributed by atoms with Crippen molar-refractivity contribution in [1.82, 2.24) is 15.2 Å². The van der Waals surface area contributed by atoms with Crippen LogP contribution in [0, 0.1) is 0 Å². The lowest BCUT2D eigenvalue weighted by atomic mass is 10.3. The lowest BCUT2D eigenvalue weighted by molar-refractivity contribution is 0.258. The van der Waals surface area contributed by atoms with E-state index >= 15 is 0 Å². The third kappa shape index (κ3) is 3.68. The quantitative estimate of drug-likeness (QED) is 0.863. The van der Waals surface area contributed by atoms with E-state index in [1.54, 1.807) is 11.3 Å². The van der Waals surface area contributed by atoms with E-state index in [0.717, 1.165) is 25.7 Å². The van der Waals surface area contributed by atoms with Crippen molar-refractivity contribution in [1.29, 1.82) is 0 Å². The number of anilines is 1. The van der Waals surface area contributed by atoms with Gasteiger partial charge < -0.3 is 10.2 Å². The van der Waals surface area contributed by atoms with Gasteiger partial charge in [0.15, 0.2) is 5.13 Å². The molecule has 1 aliphatic carbocycles. The van der Waals surface area contributed by atoms with Crippen molar-refractivity contribution >= 4 is 16.5 Å². The molecule has 1 saturated heterocycles. The number of hydrogen-bond acceptors (Lipinski definition) is 5. The molecule has 0 spiro atoms. The van der Waals surface area contributed by atoms with Crippen LogP contribution in [-0.2, 0) is 6.54 Å². The van der Waals surface area contributed by atoms with E-state index < -0.39 is 0 Å². The van der Waals surface area contributed by atoms with Gasteiger partial charge >= 0.3 is 0 Å². The fraction of sp³-hybridized carbons (Fsp3) is 0.786. The van der Waals surface area contributed by atoms with Crippen molar-refractivity contribution in [3.8, 4) is 0 Å². The molecule has 2 fully saturated rings. The summed E-state index contributed by atoms with van der Waals surface area (Å²) in [7, 11) is 0. The molecule has 5 heteroatoms. The van der Waals surface area contributed by atoms with Gasteiger partial charge in [0.25, 0.3) is 0 Å². The number of nitrogens with zero attached hydrogens (tertiary/aromatic N) is 3. The minimum Gasteiger partial charge on any atom is -0.346 e. The van der Waals surface area contributed by atoms with Crippen LogP contribution in [0.4, 0.5) is 5.13 Å². The monoisotopic (exact) mass is 280 g/mol. The molecule has 1 aliphatic heterocycles. The van der Waals surface area contributed by atoms with Gasteiger partial charge in [0.1, 0.15) is 0 Å². The van der Waals surface area contributed by atoms with Gasteiger partial charge in [0, 0.05) is 44.1 Å². The Morgan fingerprint density at radius 1 is 1.32 bits per heavy atom.